The summed E-state index contributed by atoms with van der Waals surface area (Å²) in [7, 11) is 0. The Morgan fingerprint density at radius 3 is 2.67 bits per heavy atom. The molecule has 2 aliphatic heterocycles. The number of benzene rings is 3. The molecule has 0 aromatic heterocycles. The molecule has 3 aromatic rings. The van der Waals surface area contributed by atoms with E-state index in [4.69, 9.17) is 14.2 Å². The maximum Gasteiger partial charge on any atom is 0.276 e. The number of carbonyl (C=O) groups is 2. The standard InChI is InChI=1S/C25H23N3O5/c1-2-31-20-10-6-4-8-18(20)24(29)27-28-23(26-19-9-5-3-7-17(19)25(28)30)16-11-12-21-22(15-16)33-14-13-32-21/h3-12,15,23,26H,2,13-14H2,1H3,(H,27,29)/t23-/m0/s1. The van der Waals surface area contributed by atoms with Crippen LogP contribution in [0.25, 0.3) is 0 Å². The summed E-state index contributed by atoms with van der Waals surface area (Å²) in [6.45, 7) is 3.20. The van der Waals surface area contributed by atoms with Crippen LogP contribution in [0.5, 0.6) is 17.2 Å². The maximum absolute atomic E-state index is 13.5. The molecule has 0 bridgehead atoms. The molecule has 8 heteroatoms. The van der Waals surface area contributed by atoms with Crippen LogP contribution in [0.2, 0.25) is 0 Å². The third-order valence-electron chi connectivity index (χ3n) is 5.46. The summed E-state index contributed by atoms with van der Waals surface area (Å²) < 4.78 is 16.9. The summed E-state index contributed by atoms with van der Waals surface area (Å²) in [4.78, 5) is 26.7. The molecule has 0 saturated heterocycles. The summed E-state index contributed by atoms with van der Waals surface area (Å²) in [5.74, 6) is 0.919. The highest BCUT2D eigenvalue weighted by atomic mass is 16.6. The number of fused-ring (bicyclic) bond motifs is 2. The zero-order chi connectivity index (χ0) is 22.8. The minimum absolute atomic E-state index is 0.327. The molecule has 5 rings (SSSR count). The quantitative estimate of drug-likeness (QED) is 0.622. The molecule has 0 fully saturated rings. The van der Waals surface area contributed by atoms with E-state index < -0.39 is 12.1 Å². The van der Waals surface area contributed by atoms with Crippen LogP contribution in [0.3, 0.4) is 0 Å². The molecule has 2 aliphatic rings. The van der Waals surface area contributed by atoms with E-state index in [0.717, 1.165) is 5.56 Å². The summed E-state index contributed by atoms with van der Waals surface area (Å²) >= 11 is 0. The summed E-state index contributed by atoms with van der Waals surface area (Å²) in [6, 6.07) is 19.6. The molecule has 0 radical (unpaired) electrons. The van der Waals surface area contributed by atoms with Crippen LogP contribution in [0.15, 0.2) is 66.7 Å². The van der Waals surface area contributed by atoms with E-state index in [2.05, 4.69) is 10.7 Å². The molecule has 0 unspecified atom stereocenters. The Hall–Kier alpha value is -4.20. The van der Waals surface area contributed by atoms with Crippen molar-refractivity contribution in [3.8, 4) is 17.2 Å². The van der Waals surface area contributed by atoms with E-state index in [1.54, 1.807) is 42.5 Å². The molecule has 2 amide bonds. The SMILES string of the molecule is CCOc1ccccc1C(=O)NN1C(=O)c2ccccc2N[C@@H]1c1ccc2c(c1)OCCO2. The number of rotatable bonds is 5. The van der Waals surface area contributed by atoms with E-state index in [-0.39, 0.29) is 5.91 Å². The molecular formula is C25H23N3O5. The van der Waals surface area contributed by atoms with Gasteiger partial charge in [0.05, 0.1) is 17.7 Å². The van der Waals surface area contributed by atoms with E-state index in [9.17, 15) is 9.59 Å². The molecule has 8 nitrogen and oxygen atoms in total. The molecule has 2 N–H and O–H groups in total. The lowest BCUT2D eigenvalue weighted by atomic mass is 10.0. The smallest absolute Gasteiger partial charge is 0.276 e. The van der Waals surface area contributed by atoms with Gasteiger partial charge in [0.2, 0.25) is 0 Å². The van der Waals surface area contributed by atoms with Crippen LogP contribution in [0.4, 0.5) is 5.69 Å². The van der Waals surface area contributed by atoms with Gasteiger partial charge in [0, 0.05) is 11.3 Å². The number of hydrogen-bond acceptors (Lipinski definition) is 6. The first-order chi connectivity index (χ1) is 16.2. The number of amides is 2. The van der Waals surface area contributed by atoms with Gasteiger partial charge in [-0.25, -0.2) is 5.01 Å². The van der Waals surface area contributed by atoms with Crippen molar-refractivity contribution in [2.45, 2.75) is 13.1 Å². The second-order valence-electron chi connectivity index (χ2n) is 7.54. The van der Waals surface area contributed by atoms with E-state index >= 15 is 0 Å². The second-order valence-corrected chi connectivity index (χ2v) is 7.54. The van der Waals surface area contributed by atoms with Gasteiger partial charge in [0.15, 0.2) is 11.5 Å². The van der Waals surface area contributed by atoms with Crippen molar-refractivity contribution in [2.75, 3.05) is 25.1 Å². The van der Waals surface area contributed by atoms with Gasteiger partial charge in [-0.05, 0) is 43.3 Å². The van der Waals surface area contributed by atoms with Gasteiger partial charge >= 0.3 is 0 Å². The number of para-hydroxylation sites is 2. The molecule has 1 atom stereocenters. The fourth-order valence-corrected chi connectivity index (χ4v) is 3.94. The molecule has 0 saturated carbocycles. The minimum atomic E-state index is -0.661. The first kappa shape index (κ1) is 20.7. The molecule has 0 aliphatic carbocycles. The Morgan fingerprint density at radius 1 is 1.06 bits per heavy atom. The van der Waals surface area contributed by atoms with Crippen molar-refractivity contribution in [2.24, 2.45) is 0 Å². The second kappa shape index (κ2) is 8.74. The molecule has 2 heterocycles. The van der Waals surface area contributed by atoms with Gasteiger partial charge in [-0.1, -0.05) is 30.3 Å². The van der Waals surface area contributed by atoms with Gasteiger partial charge in [-0.15, -0.1) is 0 Å². The fraction of sp³-hybridized carbons (Fsp3) is 0.200. The number of nitrogens with one attached hydrogen (secondary N) is 2. The number of carbonyl (C=O) groups excluding carboxylic acids is 2. The fourth-order valence-electron chi connectivity index (χ4n) is 3.94. The lowest BCUT2D eigenvalue weighted by Crippen LogP contribution is -2.52. The van der Waals surface area contributed by atoms with E-state index in [0.29, 0.717) is 53.9 Å². The van der Waals surface area contributed by atoms with Gasteiger partial charge < -0.3 is 19.5 Å². The average Bonchev–Trinajstić information content (AvgIpc) is 2.86. The van der Waals surface area contributed by atoms with Gasteiger partial charge in [-0.3, -0.25) is 15.0 Å². The third-order valence-corrected chi connectivity index (χ3v) is 5.46. The molecule has 0 spiro atoms. The van der Waals surface area contributed by atoms with Crippen molar-refractivity contribution in [3.05, 3.63) is 83.4 Å². The van der Waals surface area contributed by atoms with Crippen LogP contribution in [0, 0.1) is 0 Å². The van der Waals surface area contributed by atoms with Crippen molar-refractivity contribution < 1.29 is 23.8 Å². The summed E-state index contributed by atoms with van der Waals surface area (Å²) in [5, 5.41) is 4.66. The van der Waals surface area contributed by atoms with Crippen LogP contribution in [-0.4, -0.2) is 36.6 Å². The Labute approximate surface area is 191 Å². The van der Waals surface area contributed by atoms with Crippen LogP contribution in [-0.2, 0) is 0 Å². The highest BCUT2D eigenvalue weighted by Gasteiger charge is 2.35. The largest absolute Gasteiger partial charge is 0.493 e. The Balaban J connectivity index is 1.52. The first-order valence-electron chi connectivity index (χ1n) is 10.8. The Bertz CT molecular complexity index is 1210. The topological polar surface area (TPSA) is 89.1 Å². The van der Waals surface area contributed by atoms with Gasteiger partial charge in [-0.2, -0.15) is 0 Å². The monoisotopic (exact) mass is 445 g/mol. The van der Waals surface area contributed by atoms with Crippen molar-refractivity contribution >= 4 is 17.5 Å². The number of anilines is 1. The zero-order valence-corrected chi connectivity index (χ0v) is 18.0. The van der Waals surface area contributed by atoms with Gasteiger partial charge in [0.25, 0.3) is 11.8 Å². The van der Waals surface area contributed by atoms with Crippen LogP contribution >= 0.6 is 0 Å². The summed E-state index contributed by atoms with van der Waals surface area (Å²) in [5.41, 5.74) is 5.01. The Morgan fingerprint density at radius 2 is 1.82 bits per heavy atom. The number of hydrogen-bond donors (Lipinski definition) is 2. The lowest BCUT2D eigenvalue weighted by Gasteiger charge is -2.38. The van der Waals surface area contributed by atoms with Crippen molar-refractivity contribution in [3.63, 3.8) is 0 Å². The Kier molecular flexibility index (Phi) is 5.48. The van der Waals surface area contributed by atoms with E-state index in [1.807, 2.05) is 31.2 Å². The predicted molar refractivity (Wildman–Crippen MR) is 121 cm³/mol. The number of ether oxygens (including phenoxy) is 3. The predicted octanol–water partition coefficient (Wildman–Crippen LogP) is 3.77. The van der Waals surface area contributed by atoms with Crippen molar-refractivity contribution in [1.29, 1.82) is 0 Å². The molecular weight excluding hydrogens is 422 g/mol. The highest BCUT2D eigenvalue weighted by Crippen LogP contribution is 2.37. The lowest BCUT2D eigenvalue weighted by molar-refractivity contribution is 0.0489. The van der Waals surface area contributed by atoms with Gasteiger partial charge in [0.1, 0.15) is 25.1 Å². The van der Waals surface area contributed by atoms with Crippen LogP contribution in [0.1, 0.15) is 39.4 Å². The first-order valence-corrected chi connectivity index (χ1v) is 10.8. The normalized spacial score (nSPS) is 16.5. The molecule has 33 heavy (non-hydrogen) atoms. The highest BCUT2D eigenvalue weighted by molar-refractivity contribution is 6.04. The molecule has 3 aromatic carbocycles. The molecule has 168 valence electrons. The third kappa shape index (κ3) is 3.91. The minimum Gasteiger partial charge on any atom is -0.493 e. The van der Waals surface area contributed by atoms with Crippen molar-refractivity contribution in [1.82, 2.24) is 10.4 Å². The van der Waals surface area contributed by atoms with Crippen LogP contribution < -0.4 is 25.0 Å². The summed E-state index contributed by atoms with van der Waals surface area (Å²) in [6.07, 6.45) is -0.661. The zero-order valence-electron chi connectivity index (χ0n) is 18.0. The average molecular weight is 445 g/mol. The number of hydrazine groups is 1. The van der Waals surface area contributed by atoms with E-state index in [1.165, 1.54) is 5.01 Å². The number of nitrogens with zero attached hydrogens (tertiary/aromatic N) is 1. The maximum atomic E-state index is 13.5.